The summed E-state index contributed by atoms with van der Waals surface area (Å²) in [6.45, 7) is 5.80. The van der Waals surface area contributed by atoms with Crippen LogP contribution in [-0.4, -0.2) is 55.0 Å². The quantitative estimate of drug-likeness (QED) is 0.582. The Balaban J connectivity index is 0.000000585. The number of esters is 2. The van der Waals surface area contributed by atoms with Crippen molar-refractivity contribution in [2.75, 3.05) is 13.7 Å². The molecule has 1 unspecified atom stereocenters. The van der Waals surface area contributed by atoms with Gasteiger partial charge in [0.05, 0.1) is 12.7 Å². The van der Waals surface area contributed by atoms with Gasteiger partial charge in [-0.3, -0.25) is 4.79 Å². The zero-order chi connectivity index (χ0) is 18.2. The number of methoxy groups -OCH3 is 1. The molecule has 0 aromatic carbocycles. The van der Waals surface area contributed by atoms with Crippen LogP contribution < -0.4 is 5.32 Å². The number of carboxylic acid groups (broad SMARTS) is 1. The highest BCUT2D eigenvalue weighted by Gasteiger charge is 2.38. The predicted octanol–water partition coefficient (Wildman–Crippen LogP) is 1.03. The van der Waals surface area contributed by atoms with Crippen molar-refractivity contribution in [1.82, 2.24) is 5.32 Å². The number of carbonyl (C=O) groups is 3. The Kier molecular flexibility index (Phi) is 8.30. The van der Waals surface area contributed by atoms with Gasteiger partial charge in [0.2, 0.25) is 0 Å². The molecular weight excluding hydrogens is 323 g/mol. The van der Waals surface area contributed by atoms with Gasteiger partial charge in [0, 0.05) is 13.0 Å². The Hall–Kier alpha value is -2.10. The highest BCUT2D eigenvalue weighted by Crippen LogP contribution is 2.19. The van der Waals surface area contributed by atoms with Gasteiger partial charge in [0.15, 0.2) is 0 Å². The van der Waals surface area contributed by atoms with E-state index in [1.165, 1.54) is 14.0 Å². The Bertz CT molecular complexity index is 457. The van der Waals surface area contributed by atoms with Gasteiger partial charge in [-0.05, 0) is 19.4 Å². The third-order valence-electron chi connectivity index (χ3n) is 2.79. The van der Waals surface area contributed by atoms with E-state index in [1.54, 1.807) is 0 Å². The Morgan fingerprint density at radius 2 is 1.87 bits per heavy atom. The molecule has 2 N–H and O–H groups in total. The molecule has 1 heterocycles. The third-order valence-corrected chi connectivity index (χ3v) is 2.79. The van der Waals surface area contributed by atoms with Crippen LogP contribution >= 0.6 is 0 Å². The second-order valence-electron chi connectivity index (χ2n) is 4.55. The average molecular weight is 341 g/mol. The smallest absolute Gasteiger partial charge is 0.475 e. The molecule has 7 nitrogen and oxygen atoms in total. The number of halogens is 3. The first-order valence-corrected chi connectivity index (χ1v) is 6.48. The lowest BCUT2D eigenvalue weighted by atomic mass is 10.0. The first kappa shape index (κ1) is 20.9. The van der Waals surface area contributed by atoms with Crippen LogP contribution in [0.4, 0.5) is 13.2 Å². The highest BCUT2D eigenvalue weighted by molar-refractivity contribution is 5.89. The number of rotatable bonds is 4. The molecule has 1 saturated heterocycles. The Labute approximate surface area is 130 Å². The van der Waals surface area contributed by atoms with E-state index < -0.39 is 30.2 Å². The fourth-order valence-electron chi connectivity index (χ4n) is 1.79. The lowest BCUT2D eigenvalue weighted by Crippen LogP contribution is -2.41. The van der Waals surface area contributed by atoms with Gasteiger partial charge in [0.25, 0.3) is 0 Å². The van der Waals surface area contributed by atoms with E-state index in [4.69, 9.17) is 14.6 Å². The summed E-state index contributed by atoms with van der Waals surface area (Å²) in [5.74, 6) is -3.73. The summed E-state index contributed by atoms with van der Waals surface area (Å²) in [6, 6.07) is -0.0458. The van der Waals surface area contributed by atoms with Crippen molar-refractivity contribution in [2.45, 2.75) is 38.1 Å². The molecule has 0 aromatic rings. The van der Waals surface area contributed by atoms with E-state index in [0.717, 1.165) is 19.4 Å². The third kappa shape index (κ3) is 7.63. The molecular formula is C13H18F3NO6. The van der Waals surface area contributed by atoms with Gasteiger partial charge >= 0.3 is 24.1 Å². The molecule has 0 amide bonds. The topological polar surface area (TPSA) is 102 Å². The molecule has 1 aliphatic rings. The van der Waals surface area contributed by atoms with Gasteiger partial charge < -0.3 is 19.9 Å². The van der Waals surface area contributed by atoms with Crippen molar-refractivity contribution in [3.8, 4) is 0 Å². The van der Waals surface area contributed by atoms with Crippen LogP contribution in [0, 0.1) is 0 Å². The molecule has 0 aromatic heterocycles. The highest BCUT2D eigenvalue weighted by atomic mass is 19.4. The van der Waals surface area contributed by atoms with E-state index >= 15 is 0 Å². The second kappa shape index (κ2) is 9.13. The number of aliphatic carboxylic acids is 1. The number of carboxylic acids is 1. The van der Waals surface area contributed by atoms with Crippen LogP contribution in [0.1, 0.15) is 19.8 Å². The molecule has 0 saturated carbocycles. The summed E-state index contributed by atoms with van der Waals surface area (Å²) in [6.07, 6.45) is -3.86. The van der Waals surface area contributed by atoms with Crippen LogP contribution in [0.25, 0.3) is 0 Å². The fraction of sp³-hybridized carbons (Fsp3) is 0.615. The molecule has 1 fully saturated rings. The summed E-state index contributed by atoms with van der Waals surface area (Å²) >= 11 is 0. The first-order valence-electron chi connectivity index (χ1n) is 6.48. The number of nitrogens with one attached hydrogen (secondary N) is 1. The first-order chi connectivity index (χ1) is 10.5. The van der Waals surface area contributed by atoms with E-state index in [2.05, 4.69) is 16.6 Å². The SMILES string of the molecule is C=C(C(=O)OC)C(OC(C)=O)[C@@H]1CCCN1.O=C(O)C(F)(F)F. The summed E-state index contributed by atoms with van der Waals surface area (Å²) in [5.41, 5.74) is 0.178. The predicted molar refractivity (Wildman–Crippen MR) is 71.4 cm³/mol. The van der Waals surface area contributed by atoms with E-state index in [9.17, 15) is 22.8 Å². The van der Waals surface area contributed by atoms with Crippen molar-refractivity contribution in [2.24, 2.45) is 0 Å². The second-order valence-corrected chi connectivity index (χ2v) is 4.55. The summed E-state index contributed by atoms with van der Waals surface area (Å²) < 4.78 is 41.4. The normalized spacial score (nSPS) is 18.2. The van der Waals surface area contributed by atoms with Crippen molar-refractivity contribution in [3.63, 3.8) is 0 Å². The minimum Gasteiger partial charge on any atom is -0.475 e. The number of hydrogen-bond donors (Lipinski definition) is 2. The Morgan fingerprint density at radius 3 is 2.17 bits per heavy atom. The van der Waals surface area contributed by atoms with Crippen LogP contribution in [0.2, 0.25) is 0 Å². The standard InChI is InChI=1S/C11H17NO4.C2HF3O2/c1-7(11(14)15-3)10(16-8(2)13)9-5-4-6-12-9;3-2(4,5)1(6)7/h9-10,12H,1,4-6H2,2-3H3;(H,6,7)/t9-,10?;/m0./s1. The number of ether oxygens (including phenoxy) is 2. The number of alkyl halides is 3. The van der Waals surface area contributed by atoms with Crippen LogP contribution in [-0.2, 0) is 23.9 Å². The monoisotopic (exact) mass is 341 g/mol. The average Bonchev–Trinajstić information content (AvgIpc) is 2.96. The largest absolute Gasteiger partial charge is 0.490 e. The summed E-state index contributed by atoms with van der Waals surface area (Å²) in [5, 5.41) is 10.3. The molecule has 23 heavy (non-hydrogen) atoms. The van der Waals surface area contributed by atoms with Crippen molar-refractivity contribution < 1.29 is 42.1 Å². The molecule has 0 radical (unpaired) electrons. The molecule has 132 valence electrons. The molecule has 0 bridgehead atoms. The minimum atomic E-state index is -5.08. The lowest BCUT2D eigenvalue weighted by Gasteiger charge is -2.23. The van der Waals surface area contributed by atoms with E-state index in [1.807, 2.05) is 0 Å². The molecule has 0 aliphatic carbocycles. The van der Waals surface area contributed by atoms with E-state index in [-0.39, 0.29) is 11.6 Å². The van der Waals surface area contributed by atoms with Gasteiger partial charge in [-0.15, -0.1) is 0 Å². The lowest BCUT2D eigenvalue weighted by molar-refractivity contribution is -0.192. The van der Waals surface area contributed by atoms with Crippen LogP contribution in [0.15, 0.2) is 12.2 Å². The summed E-state index contributed by atoms with van der Waals surface area (Å²) in [7, 11) is 1.28. The van der Waals surface area contributed by atoms with Crippen molar-refractivity contribution in [3.05, 3.63) is 12.2 Å². The van der Waals surface area contributed by atoms with Crippen molar-refractivity contribution in [1.29, 1.82) is 0 Å². The number of hydrogen-bond acceptors (Lipinski definition) is 6. The minimum absolute atomic E-state index is 0.0458. The number of carbonyl (C=O) groups excluding carboxylic acids is 2. The fourth-order valence-corrected chi connectivity index (χ4v) is 1.79. The zero-order valence-electron chi connectivity index (χ0n) is 12.6. The molecule has 1 rings (SSSR count). The van der Waals surface area contributed by atoms with E-state index in [0.29, 0.717) is 0 Å². The molecule has 2 atom stereocenters. The Morgan fingerprint density at radius 1 is 1.35 bits per heavy atom. The van der Waals surface area contributed by atoms with Crippen LogP contribution in [0.5, 0.6) is 0 Å². The van der Waals surface area contributed by atoms with Gasteiger partial charge in [-0.25, -0.2) is 9.59 Å². The maximum atomic E-state index is 11.4. The molecule has 10 heteroatoms. The molecule has 0 spiro atoms. The molecule has 1 aliphatic heterocycles. The van der Waals surface area contributed by atoms with Crippen LogP contribution in [0.3, 0.4) is 0 Å². The zero-order valence-corrected chi connectivity index (χ0v) is 12.6. The van der Waals surface area contributed by atoms with Gasteiger partial charge in [0.1, 0.15) is 6.10 Å². The van der Waals surface area contributed by atoms with Gasteiger partial charge in [-0.1, -0.05) is 6.58 Å². The maximum absolute atomic E-state index is 11.4. The van der Waals surface area contributed by atoms with Crippen molar-refractivity contribution >= 4 is 17.9 Å². The summed E-state index contributed by atoms with van der Waals surface area (Å²) in [4.78, 5) is 31.2. The van der Waals surface area contributed by atoms with Gasteiger partial charge in [-0.2, -0.15) is 13.2 Å². The maximum Gasteiger partial charge on any atom is 0.490 e.